The Balaban J connectivity index is 1.10. The van der Waals surface area contributed by atoms with Crippen LogP contribution in [0.2, 0.25) is 0 Å². The van der Waals surface area contributed by atoms with Gasteiger partial charge in [-0.15, -0.1) is 0 Å². The summed E-state index contributed by atoms with van der Waals surface area (Å²) in [6.07, 6.45) is 7.18. The van der Waals surface area contributed by atoms with Gasteiger partial charge in [0.15, 0.2) is 5.82 Å². The minimum absolute atomic E-state index is 0.00446. The summed E-state index contributed by atoms with van der Waals surface area (Å²) in [5.74, 6) is 0.697. The molecule has 0 spiro atoms. The van der Waals surface area contributed by atoms with Gasteiger partial charge in [0.2, 0.25) is 5.91 Å². The molecule has 2 aliphatic heterocycles. The fourth-order valence-electron chi connectivity index (χ4n) is 7.21. The molecule has 3 heterocycles. The van der Waals surface area contributed by atoms with E-state index in [0.29, 0.717) is 47.8 Å². The van der Waals surface area contributed by atoms with E-state index in [0.717, 1.165) is 37.1 Å². The maximum Gasteiger partial charge on any atom is 0.257 e. The van der Waals surface area contributed by atoms with Crippen molar-refractivity contribution in [2.45, 2.75) is 76.4 Å². The number of aromatic nitrogens is 2. The SMILES string of the molecule is Cc1noc(-c2ccc(Oc3cc(C(=O)NC4CCN(C5CCCC5)CC4)c(F)cc3CN3C[C@H](c4ccccc4)CC3=O)cc2)n1. The third kappa shape index (κ3) is 7.07. The summed E-state index contributed by atoms with van der Waals surface area (Å²) >= 11 is 0. The number of hydrogen-bond acceptors (Lipinski definition) is 7. The number of carbonyl (C=O) groups is 2. The normalized spacial score (nSPS) is 19.4. The molecule has 2 saturated heterocycles. The lowest BCUT2D eigenvalue weighted by Crippen LogP contribution is -2.47. The predicted molar refractivity (Wildman–Crippen MR) is 174 cm³/mol. The molecule has 0 bridgehead atoms. The van der Waals surface area contributed by atoms with E-state index < -0.39 is 11.7 Å². The van der Waals surface area contributed by atoms with Crippen LogP contribution >= 0.6 is 0 Å². The van der Waals surface area contributed by atoms with Crippen molar-refractivity contribution >= 4 is 11.8 Å². The van der Waals surface area contributed by atoms with Crippen LogP contribution in [-0.2, 0) is 11.3 Å². The number of aryl methyl sites for hydroxylation is 1. The van der Waals surface area contributed by atoms with Crippen molar-refractivity contribution < 1.29 is 23.2 Å². The first-order valence-corrected chi connectivity index (χ1v) is 16.7. The molecule has 1 aromatic heterocycles. The van der Waals surface area contributed by atoms with Gasteiger partial charge in [-0.05, 0) is 74.6 Å². The van der Waals surface area contributed by atoms with Gasteiger partial charge >= 0.3 is 0 Å². The standard InChI is InChI=1S/C37H40FN5O4/c1-24-39-37(47-41-24)26-11-13-31(14-12-26)46-34-21-32(36(45)40-29-15-17-42(18-16-29)30-9-5-6-10-30)33(38)19-28(34)23-43-22-27(20-35(43)44)25-7-3-2-4-8-25/h2-4,7-8,11-14,19,21,27,29-30H,5-6,9-10,15-18,20,22-23H2,1H3,(H,40,45)/t27-/m1/s1. The lowest BCUT2D eigenvalue weighted by Gasteiger charge is -2.36. The minimum atomic E-state index is -0.637. The maximum atomic E-state index is 15.7. The van der Waals surface area contributed by atoms with Gasteiger partial charge in [0.05, 0.1) is 5.56 Å². The van der Waals surface area contributed by atoms with Crippen LogP contribution in [0.3, 0.4) is 0 Å². The van der Waals surface area contributed by atoms with E-state index in [1.807, 2.05) is 30.3 Å². The Bertz CT molecular complexity index is 1710. The minimum Gasteiger partial charge on any atom is -0.457 e. The first-order chi connectivity index (χ1) is 22.9. The van der Waals surface area contributed by atoms with Gasteiger partial charge in [-0.3, -0.25) is 9.59 Å². The van der Waals surface area contributed by atoms with Gasteiger partial charge in [0.1, 0.15) is 17.3 Å². The highest BCUT2D eigenvalue weighted by molar-refractivity contribution is 5.95. The molecule has 4 aromatic rings. The van der Waals surface area contributed by atoms with Gasteiger partial charge < -0.3 is 24.4 Å². The number of ether oxygens (including phenoxy) is 1. The fourth-order valence-corrected chi connectivity index (χ4v) is 7.21. The van der Waals surface area contributed by atoms with Crippen molar-refractivity contribution in [2.75, 3.05) is 19.6 Å². The van der Waals surface area contributed by atoms with Crippen LogP contribution in [0.25, 0.3) is 11.5 Å². The molecule has 3 aromatic carbocycles. The van der Waals surface area contributed by atoms with Crippen molar-refractivity contribution in [2.24, 2.45) is 0 Å². The fraction of sp³-hybridized carbons (Fsp3) is 0.405. The van der Waals surface area contributed by atoms with Crippen LogP contribution in [0.15, 0.2) is 71.3 Å². The number of carbonyl (C=O) groups excluding carboxylic acids is 2. The van der Waals surface area contributed by atoms with Gasteiger partial charge in [-0.25, -0.2) is 4.39 Å². The van der Waals surface area contributed by atoms with E-state index in [4.69, 9.17) is 9.26 Å². The molecule has 47 heavy (non-hydrogen) atoms. The van der Waals surface area contributed by atoms with Crippen LogP contribution in [-0.4, -0.2) is 63.5 Å². The average molecular weight is 638 g/mol. The summed E-state index contributed by atoms with van der Waals surface area (Å²) < 4.78 is 27.3. The second kappa shape index (κ2) is 13.7. The number of hydrogen-bond donors (Lipinski definition) is 1. The van der Waals surface area contributed by atoms with Gasteiger partial charge in [0.25, 0.3) is 11.8 Å². The molecule has 0 unspecified atom stereocenters. The molecule has 9 nitrogen and oxygen atoms in total. The number of rotatable bonds is 9. The second-order valence-electron chi connectivity index (χ2n) is 13.0. The van der Waals surface area contributed by atoms with Gasteiger partial charge in [0, 0.05) is 61.7 Å². The van der Waals surface area contributed by atoms with E-state index in [1.165, 1.54) is 37.8 Å². The Morgan fingerprint density at radius 1 is 1.02 bits per heavy atom. The lowest BCUT2D eigenvalue weighted by atomic mass is 9.98. The van der Waals surface area contributed by atoms with Crippen molar-refractivity contribution in [1.29, 1.82) is 0 Å². The van der Waals surface area contributed by atoms with Crippen LogP contribution in [0.1, 0.15) is 78.2 Å². The number of nitrogens with zero attached hydrogens (tertiary/aromatic N) is 4. The molecule has 7 rings (SSSR count). The van der Waals surface area contributed by atoms with Gasteiger partial charge in [-0.1, -0.05) is 48.3 Å². The molecule has 2 amide bonds. The summed E-state index contributed by atoms with van der Waals surface area (Å²) in [7, 11) is 0. The molecule has 3 fully saturated rings. The van der Waals surface area contributed by atoms with E-state index >= 15 is 4.39 Å². The summed E-state index contributed by atoms with van der Waals surface area (Å²) in [5, 5.41) is 6.93. The highest BCUT2D eigenvalue weighted by atomic mass is 19.1. The highest BCUT2D eigenvalue weighted by Gasteiger charge is 2.32. The Morgan fingerprint density at radius 2 is 1.77 bits per heavy atom. The Morgan fingerprint density at radius 3 is 2.47 bits per heavy atom. The van der Waals surface area contributed by atoms with Crippen LogP contribution < -0.4 is 10.1 Å². The van der Waals surface area contributed by atoms with Crippen LogP contribution in [0.4, 0.5) is 4.39 Å². The maximum absolute atomic E-state index is 15.7. The Labute approximate surface area is 274 Å². The number of halogens is 1. The smallest absolute Gasteiger partial charge is 0.257 e. The van der Waals surface area contributed by atoms with Crippen molar-refractivity contribution in [1.82, 2.24) is 25.3 Å². The quantitative estimate of drug-likeness (QED) is 0.220. The van der Waals surface area contributed by atoms with Crippen molar-refractivity contribution in [3.05, 3.63) is 95.1 Å². The average Bonchev–Trinajstić information content (AvgIpc) is 3.86. The molecule has 1 aliphatic carbocycles. The third-order valence-corrected chi connectivity index (χ3v) is 9.80. The van der Waals surface area contributed by atoms with E-state index in [-0.39, 0.29) is 30.0 Å². The molecule has 1 atom stereocenters. The molecule has 244 valence electrons. The monoisotopic (exact) mass is 637 g/mol. The summed E-state index contributed by atoms with van der Waals surface area (Å²) in [5.41, 5.74) is 2.24. The topological polar surface area (TPSA) is 101 Å². The number of likely N-dealkylation sites (tertiary alicyclic amines) is 2. The van der Waals surface area contributed by atoms with Gasteiger partial charge in [-0.2, -0.15) is 4.98 Å². The molecule has 1 N–H and O–H groups in total. The number of nitrogens with one attached hydrogen (secondary N) is 1. The van der Waals surface area contributed by atoms with E-state index in [1.54, 1.807) is 36.1 Å². The first-order valence-electron chi connectivity index (χ1n) is 16.7. The first kappa shape index (κ1) is 31.1. The highest BCUT2D eigenvalue weighted by Crippen LogP contribution is 2.34. The zero-order valence-electron chi connectivity index (χ0n) is 26.7. The number of amides is 2. The second-order valence-corrected chi connectivity index (χ2v) is 13.0. The van der Waals surface area contributed by atoms with Crippen molar-refractivity contribution in [3.63, 3.8) is 0 Å². The van der Waals surface area contributed by atoms with E-state index in [2.05, 4.69) is 20.4 Å². The summed E-state index contributed by atoms with van der Waals surface area (Å²) in [6, 6.07) is 20.5. The van der Waals surface area contributed by atoms with Crippen LogP contribution in [0.5, 0.6) is 11.5 Å². The van der Waals surface area contributed by atoms with Crippen molar-refractivity contribution in [3.8, 4) is 23.0 Å². The molecular weight excluding hydrogens is 597 g/mol. The molecule has 10 heteroatoms. The lowest BCUT2D eigenvalue weighted by molar-refractivity contribution is -0.128. The number of benzene rings is 3. The molecule has 1 saturated carbocycles. The van der Waals surface area contributed by atoms with Crippen LogP contribution in [0, 0.1) is 12.7 Å². The summed E-state index contributed by atoms with van der Waals surface area (Å²) in [6.45, 7) is 4.32. The van der Waals surface area contributed by atoms with E-state index in [9.17, 15) is 9.59 Å². The third-order valence-electron chi connectivity index (χ3n) is 9.80. The predicted octanol–water partition coefficient (Wildman–Crippen LogP) is 6.63. The Kier molecular flexibility index (Phi) is 9.02. The zero-order chi connectivity index (χ0) is 32.3. The summed E-state index contributed by atoms with van der Waals surface area (Å²) in [4.78, 5) is 35.1. The largest absolute Gasteiger partial charge is 0.457 e. The molecule has 0 radical (unpaired) electrons. The molecule has 3 aliphatic rings. The molecular formula is C37H40FN5O4. The Hall–Kier alpha value is -4.57. The zero-order valence-corrected chi connectivity index (χ0v) is 26.7. The number of piperidine rings is 1.